The smallest absolute Gasteiger partial charge is 0.427 e. The third-order valence-electron chi connectivity index (χ3n) is 12.3. The van der Waals surface area contributed by atoms with Gasteiger partial charge in [-0.3, -0.25) is 19.2 Å². The number of ketones is 1. The van der Waals surface area contributed by atoms with Crippen molar-refractivity contribution in [1.29, 1.82) is 0 Å². The number of likely N-dealkylation sites (tertiary alicyclic amines) is 1. The van der Waals surface area contributed by atoms with E-state index in [0.717, 1.165) is 0 Å². The van der Waals surface area contributed by atoms with Crippen LogP contribution in [0.25, 0.3) is 10.9 Å². The molecule has 0 spiro atoms. The first kappa shape index (κ1) is 48.5. The molecule has 2 amide bonds. The molecule has 0 unspecified atom stereocenters. The molecule has 2 saturated carbocycles. The number of aromatic nitrogens is 1. The number of benzene rings is 1. The van der Waals surface area contributed by atoms with Crippen molar-refractivity contribution in [3.05, 3.63) is 29.3 Å². The molecule has 4 aliphatic rings. The average molecular weight is 942 g/mol. The summed E-state index contributed by atoms with van der Waals surface area (Å²) in [5.41, 5.74) is -6.25. The third-order valence-corrected chi connectivity index (χ3v) is 13.6. The van der Waals surface area contributed by atoms with Gasteiger partial charge >= 0.3 is 28.6 Å². The predicted octanol–water partition coefficient (Wildman–Crippen LogP) is 7.19. The molecule has 4 fully saturated rings. The third kappa shape index (κ3) is 11.3. The lowest BCUT2D eigenvalue weighted by Crippen LogP contribution is -2.49. The number of para-hydroxylation sites is 1. The fourth-order valence-corrected chi connectivity index (χ4v) is 10.0. The second-order valence-corrected chi connectivity index (χ2v) is 19.0. The Morgan fingerprint density at radius 3 is 2.33 bits per heavy atom. The number of ether oxygens (including phenoxy) is 4. The second kappa shape index (κ2) is 18.1. The van der Waals surface area contributed by atoms with Gasteiger partial charge in [0.15, 0.2) is 5.78 Å². The normalized spacial score (nSPS) is 24.4. The SMILES string of the molecule is CCOc1cc(O[C@@H]2C[C@@H](C(=O)C[C@]3(C(=O)NS(=O)(=O)OC4(CC(F)(F)F)CC4)C[C@H]3CC)N(C(=O)[C@@H](CC(=O)OC(C)(C)C(F)(F)F)C3CCOCC3)C2)c2cccc(Cl)c2n1. The quantitative estimate of drug-likeness (QED) is 0.118. The van der Waals surface area contributed by atoms with Gasteiger partial charge in [0, 0.05) is 37.5 Å². The minimum absolute atomic E-state index is 0.0282. The van der Waals surface area contributed by atoms with Gasteiger partial charge in [0.05, 0.1) is 59.5 Å². The monoisotopic (exact) mass is 941 g/mol. The Morgan fingerprint density at radius 2 is 1.75 bits per heavy atom. The zero-order valence-corrected chi connectivity index (χ0v) is 36.6. The molecule has 0 bridgehead atoms. The van der Waals surface area contributed by atoms with Crippen molar-refractivity contribution >= 4 is 56.4 Å². The highest BCUT2D eigenvalue weighted by molar-refractivity contribution is 7.85. The molecule has 5 atom stereocenters. The number of rotatable bonds is 18. The fourth-order valence-electron chi connectivity index (χ4n) is 8.62. The van der Waals surface area contributed by atoms with Gasteiger partial charge in [-0.15, -0.1) is 0 Å². The molecular weight excluding hydrogens is 892 g/mol. The van der Waals surface area contributed by atoms with Crippen molar-refractivity contribution < 1.29 is 77.1 Å². The molecule has 2 saturated heterocycles. The number of Topliss-reactive ketones (excluding diaryl/α,β-unsaturated/α-hetero) is 1. The van der Waals surface area contributed by atoms with E-state index in [9.17, 15) is 53.9 Å². The Kier molecular flexibility index (Phi) is 14.0. The maximum atomic E-state index is 14.9. The standard InChI is InChI=1S/C41H50ClF6N3O11S/c1-5-24-19-39(24,36(55)50-63(56,57)62-38(12-13-38)22-40(43,44)45)20-30(52)29-16-25(60-31-18-32(59-6-2)49-34-26(31)8-7-9-28(34)42)21-51(29)35(54)27(23-10-14-58-15-11-23)17-33(53)61-37(3,4)41(46,47)48/h7-9,18,23-25,27,29H,5-6,10-17,19-22H2,1-4H3,(H,50,55)/t24-,25-,27+,29+,39-/m1/s1. The lowest BCUT2D eigenvalue weighted by Gasteiger charge is -2.35. The molecule has 1 N–H and O–H groups in total. The number of nitrogens with zero attached hydrogens (tertiary/aromatic N) is 2. The van der Waals surface area contributed by atoms with E-state index in [1.165, 1.54) is 11.0 Å². The lowest BCUT2D eigenvalue weighted by molar-refractivity contribution is -0.257. The number of pyridine rings is 1. The highest BCUT2D eigenvalue weighted by Gasteiger charge is 2.62. The summed E-state index contributed by atoms with van der Waals surface area (Å²) in [6, 6.07) is 5.10. The van der Waals surface area contributed by atoms with Crippen molar-refractivity contribution in [3.8, 4) is 11.6 Å². The number of fused-ring (bicyclic) bond motifs is 1. The van der Waals surface area contributed by atoms with E-state index in [0.29, 0.717) is 31.2 Å². The van der Waals surface area contributed by atoms with Gasteiger partial charge < -0.3 is 23.8 Å². The molecule has 2 aromatic rings. The zero-order chi connectivity index (χ0) is 46.3. The molecule has 350 valence electrons. The Hall–Kier alpha value is -3.95. The van der Waals surface area contributed by atoms with Crippen LogP contribution < -0.4 is 14.2 Å². The molecule has 2 aliphatic heterocycles. The highest BCUT2D eigenvalue weighted by atomic mass is 35.5. The first-order valence-corrected chi connectivity index (χ1v) is 22.5. The topological polar surface area (TPSA) is 177 Å². The van der Waals surface area contributed by atoms with Crippen LogP contribution in [-0.4, -0.2) is 104 Å². The number of hydrogen-bond acceptors (Lipinski definition) is 12. The van der Waals surface area contributed by atoms with Crippen molar-refractivity contribution in [1.82, 2.24) is 14.6 Å². The molecule has 6 rings (SSSR count). The maximum Gasteiger partial charge on any atom is 0.427 e. The Morgan fingerprint density at radius 1 is 1.06 bits per heavy atom. The number of esters is 1. The van der Waals surface area contributed by atoms with E-state index in [2.05, 4.69) is 4.98 Å². The van der Waals surface area contributed by atoms with Crippen LogP contribution in [0.4, 0.5) is 26.3 Å². The van der Waals surface area contributed by atoms with Gasteiger partial charge in [-0.2, -0.15) is 34.8 Å². The van der Waals surface area contributed by atoms with Crippen LogP contribution in [-0.2, 0) is 43.1 Å². The van der Waals surface area contributed by atoms with Gasteiger partial charge in [-0.1, -0.05) is 31.0 Å². The Bertz CT molecular complexity index is 2180. The van der Waals surface area contributed by atoms with E-state index >= 15 is 0 Å². The first-order chi connectivity index (χ1) is 29.3. The van der Waals surface area contributed by atoms with E-state index in [4.69, 9.17) is 34.7 Å². The first-order valence-electron chi connectivity index (χ1n) is 20.7. The van der Waals surface area contributed by atoms with Crippen LogP contribution in [0.5, 0.6) is 11.6 Å². The largest absolute Gasteiger partial charge is 0.488 e. The summed E-state index contributed by atoms with van der Waals surface area (Å²) in [5, 5.41) is 0.730. The minimum atomic E-state index is -5.08. The predicted molar refractivity (Wildman–Crippen MR) is 212 cm³/mol. The summed E-state index contributed by atoms with van der Waals surface area (Å²) in [5.74, 6) is -5.93. The molecule has 3 heterocycles. The van der Waals surface area contributed by atoms with Crippen LogP contribution in [0.15, 0.2) is 24.3 Å². The van der Waals surface area contributed by atoms with E-state index < -0.39 is 112 Å². The number of amides is 2. The van der Waals surface area contributed by atoms with E-state index in [-0.39, 0.29) is 81.5 Å². The van der Waals surface area contributed by atoms with Crippen molar-refractivity contribution in [2.45, 2.75) is 128 Å². The number of nitrogens with one attached hydrogen (secondary N) is 1. The summed E-state index contributed by atoms with van der Waals surface area (Å²) in [6.07, 6.45) is -13.3. The van der Waals surface area contributed by atoms with E-state index in [1.807, 2.05) is 0 Å². The number of carbonyl (C=O) groups is 4. The molecule has 2 aliphatic carbocycles. The fraction of sp³-hybridized carbons (Fsp3) is 0.683. The molecule has 0 radical (unpaired) electrons. The van der Waals surface area contributed by atoms with Crippen LogP contribution in [0.2, 0.25) is 5.02 Å². The number of halogens is 7. The zero-order valence-electron chi connectivity index (χ0n) is 35.0. The number of hydrogen-bond donors (Lipinski definition) is 1. The van der Waals surface area contributed by atoms with Crippen molar-refractivity contribution in [2.24, 2.45) is 23.2 Å². The van der Waals surface area contributed by atoms with Crippen LogP contribution in [0.1, 0.15) is 91.9 Å². The van der Waals surface area contributed by atoms with Crippen molar-refractivity contribution in [2.75, 3.05) is 26.4 Å². The lowest BCUT2D eigenvalue weighted by atomic mass is 9.82. The number of alkyl halides is 6. The van der Waals surface area contributed by atoms with E-state index in [1.54, 1.807) is 36.8 Å². The van der Waals surface area contributed by atoms with Gasteiger partial charge in [-0.25, -0.2) is 13.9 Å². The van der Waals surface area contributed by atoms with Crippen LogP contribution in [0.3, 0.4) is 0 Å². The summed E-state index contributed by atoms with van der Waals surface area (Å²) in [6.45, 7) is 5.13. The Labute approximate surface area is 365 Å². The second-order valence-electron chi connectivity index (χ2n) is 17.3. The molecule has 1 aromatic carbocycles. The molecular formula is C41H50ClF6N3O11S. The maximum absolute atomic E-state index is 14.9. The van der Waals surface area contributed by atoms with Gasteiger partial charge in [-0.05, 0) is 76.8 Å². The Balaban J connectivity index is 1.31. The van der Waals surface area contributed by atoms with Crippen LogP contribution in [0, 0.1) is 23.2 Å². The van der Waals surface area contributed by atoms with Crippen LogP contribution >= 0.6 is 11.6 Å². The highest BCUT2D eigenvalue weighted by Crippen LogP contribution is 2.58. The molecule has 63 heavy (non-hydrogen) atoms. The number of carbonyl (C=O) groups excluding carboxylic acids is 4. The van der Waals surface area contributed by atoms with Gasteiger partial charge in [0.1, 0.15) is 11.9 Å². The summed E-state index contributed by atoms with van der Waals surface area (Å²) < 4.78 is 136. The van der Waals surface area contributed by atoms with Gasteiger partial charge in [0.2, 0.25) is 23.3 Å². The summed E-state index contributed by atoms with van der Waals surface area (Å²) >= 11 is 6.48. The summed E-state index contributed by atoms with van der Waals surface area (Å²) in [4.78, 5) is 62.2. The van der Waals surface area contributed by atoms with Gasteiger partial charge in [0.25, 0.3) is 0 Å². The molecule has 22 heteroatoms. The molecule has 1 aromatic heterocycles. The molecule has 14 nitrogen and oxygen atoms in total. The van der Waals surface area contributed by atoms with Crippen molar-refractivity contribution in [3.63, 3.8) is 0 Å². The minimum Gasteiger partial charge on any atom is -0.488 e. The summed E-state index contributed by atoms with van der Waals surface area (Å²) in [7, 11) is -5.08. The average Bonchev–Trinajstić information content (AvgIpc) is 4.05.